The molecule has 0 saturated carbocycles. The van der Waals surface area contributed by atoms with Crippen molar-refractivity contribution in [1.29, 1.82) is 5.26 Å². The van der Waals surface area contributed by atoms with Crippen LogP contribution >= 0.6 is 11.6 Å². The monoisotopic (exact) mass is 246 g/mol. The molecule has 1 heterocycles. The van der Waals surface area contributed by atoms with Gasteiger partial charge in [-0.15, -0.1) is 0 Å². The average Bonchev–Trinajstić information content (AvgIpc) is 2.62. The third kappa shape index (κ3) is 2.58. The number of halogens is 1. The van der Waals surface area contributed by atoms with Crippen molar-refractivity contribution in [2.24, 2.45) is 0 Å². The molecule has 0 unspecified atom stereocenters. The molecule has 0 spiro atoms. The third-order valence-electron chi connectivity index (χ3n) is 2.45. The van der Waals surface area contributed by atoms with Crippen LogP contribution in [0.15, 0.2) is 30.5 Å². The lowest BCUT2D eigenvalue weighted by Crippen LogP contribution is -2.06. The van der Waals surface area contributed by atoms with Crippen LogP contribution in [-0.2, 0) is 13.0 Å². The minimum Gasteiger partial charge on any atom is -0.384 e. The molecular formula is C12H11ClN4. The van der Waals surface area contributed by atoms with Crippen LogP contribution in [-0.4, -0.2) is 9.78 Å². The van der Waals surface area contributed by atoms with E-state index in [9.17, 15) is 0 Å². The van der Waals surface area contributed by atoms with E-state index in [4.69, 9.17) is 22.6 Å². The Balaban J connectivity index is 2.22. The first-order chi connectivity index (χ1) is 8.20. The van der Waals surface area contributed by atoms with E-state index in [2.05, 4.69) is 11.2 Å². The van der Waals surface area contributed by atoms with Crippen molar-refractivity contribution in [1.82, 2.24) is 9.78 Å². The lowest BCUT2D eigenvalue weighted by atomic mass is 10.2. The van der Waals surface area contributed by atoms with Crippen molar-refractivity contribution in [3.8, 4) is 6.07 Å². The predicted octanol–water partition coefficient (Wildman–Crippen LogP) is 2.23. The Bertz CT molecular complexity index is 568. The van der Waals surface area contributed by atoms with Crippen LogP contribution in [0.1, 0.15) is 11.1 Å². The summed E-state index contributed by atoms with van der Waals surface area (Å²) in [5.74, 6) is 0.534. The molecule has 0 atom stereocenters. The number of benzene rings is 1. The molecule has 2 N–H and O–H groups in total. The second-order valence-corrected chi connectivity index (χ2v) is 4.11. The summed E-state index contributed by atoms with van der Waals surface area (Å²) in [6, 6.07) is 9.58. The Morgan fingerprint density at radius 3 is 3.00 bits per heavy atom. The highest BCUT2D eigenvalue weighted by Crippen LogP contribution is 2.16. The summed E-state index contributed by atoms with van der Waals surface area (Å²) < 4.78 is 1.67. The van der Waals surface area contributed by atoms with Gasteiger partial charge in [0.15, 0.2) is 0 Å². The van der Waals surface area contributed by atoms with Gasteiger partial charge in [-0.05, 0) is 17.7 Å². The molecule has 0 aliphatic rings. The summed E-state index contributed by atoms with van der Waals surface area (Å²) >= 11 is 5.90. The Hall–Kier alpha value is -1.99. The van der Waals surface area contributed by atoms with Crippen LogP contribution < -0.4 is 5.73 Å². The molecule has 5 heteroatoms. The molecule has 0 bridgehead atoms. The van der Waals surface area contributed by atoms with Gasteiger partial charge in [-0.25, -0.2) is 4.68 Å². The van der Waals surface area contributed by atoms with E-state index in [-0.39, 0.29) is 6.42 Å². The molecule has 86 valence electrons. The SMILES string of the molecule is N#CCc1cnn(Cc2cccc(Cl)c2)c1N. The Morgan fingerprint density at radius 1 is 1.47 bits per heavy atom. The fraction of sp³-hybridized carbons (Fsp3) is 0.167. The van der Waals surface area contributed by atoms with Crippen molar-refractivity contribution < 1.29 is 0 Å². The molecule has 0 amide bonds. The van der Waals surface area contributed by atoms with Crippen molar-refractivity contribution in [2.75, 3.05) is 5.73 Å². The molecule has 2 rings (SSSR count). The first-order valence-corrected chi connectivity index (χ1v) is 5.50. The van der Waals surface area contributed by atoms with E-state index >= 15 is 0 Å². The van der Waals surface area contributed by atoms with E-state index in [1.165, 1.54) is 0 Å². The number of nitriles is 1. The quantitative estimate of drug-likeness (QED) is 0.903. The van der Waals surface area contributed by atoms with Gasteiger partial charge in [-0.1, -0.05) is 23.7 Å². The largest absolute Gasteiger partial charge is 0.384 e. The minimum absolute atomic E-state index is 0.279. The Kier molecular flexibility index (Phi) is 3.31. The van der Waals surface area contributed by atoms with Gasteiger partial charge in [0.25, 0.3) is 0 Å². The summed E-state index contributed by atoms with van der Waals surface area (Å²) in [5, 5.41) is 13.5. The molecule has 0 aliphatic carbocycles. The number of anilines is 1. The lowest BCUT2D eigenvalue weighted by molar-refractivity contribution is 0.697. The van der Waals surface area contributed by atoms with E-state index in [1.807, 2.05) is 24.3 Å². The molecule has 0 saturated heterocycles. The van der Waals surface area contributed by atoms with Crippen molar-refractivity contribution in [3.05, 3.63) is 46.6 Å². The minimum atomic E-state index is 0.279. The lowest BCUT2D eigenvalue weighted by Gasteiger charge is -2.05. The third-order valence-corrected chi connectivity index (χ3v) is 2.69. The second-order valence-electron chi connectivity index (χ2n) is 3.68. The van der Waals surface area contributed by atoms with Crippen LogP contribution in [0.25, 0.3) is 0 Å². The average molecular weight is 247 g/mol. The molecule has 1 aromatic heterocycles. The van der Waals surface area contributed by atoms with E-state index in [0.717, 1.165) is 11.1 Å². The van der Waals surface area contributed by atoms with Gasteiger partial charge in [0.2, 0.25) is 0 Å². The van der Waals surface area contributed by atoms with Crippen LogP contribution in [0.4, 0.5) is 5.82 Å². The van der Waals surface area contributed by atoms with Crippen LogP contribution in [0.5, 0.6) is 0 Å². The van der Waals surface area contributed by atoms with Crippen molar-refractivity contribution >= 4 is 17.4 Å². The maximum atomic E-state index is 8.62. The van der Waals surface area contributed by atoms with Gasteiger partial charge in [-0.3, -0.25) is 0 Å². The fourth-order valence-corrected chi connectivity index (χ4v) is 1.80. The summed E-state index contributed by atoms with van der Waals surface area (Å²) in [7, 11) is 0. The molecule has 0 aliphatic heterocycles. The zero-order chi connectivity index (χ0) is 12.3. The van der Waals surface area contributed by atoms with Gasteiger partial charge in [-0.2, -0.15) is 10.4 Å². The number of nitrogens with two attached hydrogens (primary N) is 1. The van der Waals surface area contributed by atoms with Gasteiger partial charge < -0.3 is 5.73 Å². The summed E-state index contributed by atoms with van der Waals surface area (Å²) in [4.78, 5) is 0. The van der Waals surface area contributed by atoms with Crippen molar-refractivity contribution in [3.63, 3.8) is 0 Å². The number of nitrogen functional groups attached to an aromatic ring is 1. The summed E-state index contributed by atoms with van der Waals surface area (Å²) in [6.07, 6.45) is 1.91. The Labute approximate surface area is 104 Å². The van der Waals surface area contributed by atoms with Crippen LogP contribution in [0.2, 0.25) is 5.02 Å². The fourth-order valence-electron chi connectivity index (χ4n) is 1.59. The highest BCUT2D eigenvalue weighted by molar-refractivity contribution is 6.30. The molecule has 4 nitrogen and oxygen atoms in total. The first-order valence-electron chi connectivity index (χ1n) is 5.12. The van der Waals surface area contributed by atoms with Crippen LogP contribution in [0.3, 0.4) is 0 Å². The summed E-state index contributed by atoms with van der Waals surface area (Å²) in [5.41, 5.74) is 7.67. The smallest absolute Gasteiger partial charge is 0.126 e. The molecule has 17 heavy (non-hydrogen) atoms. The number of nitrogens with zero attached hydrogens (tertiary/aromatic N) is 3. The standard InChI is InChI=1S/C12H11ClN4/c13-11-3-1-2-9(6-11)8-17-12(15)10(4-5-14)7-16-17/h1-3,6-7H,4,8,15H2. The molecule has 0 fully saturated rings. The first kappa shape index (κ1) is 11.5. The van der Waals surface area contributed by atoms with E-state index in [1.54, 1.807) is 10.9 Å². The Morgan fingerprint density at radius 2 is 2.29 bits per heavy atom. The molecular weight excluding hydrogens is 236 g/mol. The van der Waals surface area contributed by atoms with Crippen LogP contribution in [0, 0.1) is 11.3 Å². The molecule has 0 radical (unpaired) electrons. The van der Waals surface area contributed by atoms with Gasteiger partial charge in [0.1, 0.15) is 5.82 Å². The maximum absolute atomic E-state index is 8.62. The normalized spacial score (nSPS) is 10.1. The highest BCUT2D eigenvalue weighted by atomic mass is 35.5. The number of hydrogen-bond acceptors (Lipinski definition) is 3. The van der Waals surface area contributed by atoms with Gasteiger partial charge in [0, 0.05) is 10.6 Å². The predicted molar refractivity (Wildman–Crippen MR) is 66.5 cm³/mol. The van der Waals surface area contributed by atoms with Gasteiger partial charge >= 0.3 is 0 Å². The molecule has 2 aromatic rings. The number of aromatic nitrogens is 2. The van der Waals surface area contributed by atoms with E-state index in [0.29, 0.717) is 17.4 Å². The zero-order valence-corrected chi connectivity index (χ0v) is 9.85. The maximum Gasteiger partial charge on any atom is 0.126 e. The van der Waals surface area contributed by atoms with Gasteiger partial charge in [0.05, 0.1) is 25.2 Å². The number of rotatable bonds is 3. The van der Waals surface area contributed by atoms with E-state index < -0.39 is 0 Å². The zero-order valence-electron chi connectivity index (χ0n) is 9.10. The highest BCUT2D eigenvalue weighted by Gasteiger charge is 2.07. The second kappa shape index (κ2) is 4.89. The summed E-state index contributed by atoms with van der Waals surface area (Å²) in [6.45, 7) is 0.553. The van der Waals surface area contributed by atoms with Crippen molar-refractivity contribution in [2.45, 2.75) is 13.0 Å². The number of hydrogen-bond donors (Lipinski definition) is 1. The molecule has 1 aromatic carbocycles. The topological polar surface area (TPSA) is 67.6 Å².